The normalized spacial score (nSPS) is 15.8. The van der Waals surface area contributed by atoms with Gasteiger partial charge in [0.25, 0.3) is 5.91 Å². The van der Waals surface area contributed by atoms with Gasteiger partial charge in [-0.3, -0.25) is 19.8 Å². The van der Waals surface area contributed by atoms with Crippen molar-refractivity contribution in [2.45, 2.75) is 38.9 Å². The minimum Gasteiger partial charge on any atom is -0.351 e. The summed E-state index contributed by atoms with van der Waals surface area (Å²) in [5, 5.41) is 1.73. The number of carbonyl (C=O) groups excluding carboxylic acids is 3. The zero-order valence-corrected chi connectivity index (χ0v) is 19.3. The highest BCUT2D eigenvalue weighted by Gasteiger charge is 2.34. The number of carbonyl (C=O) groups is 3. The minimum absolute atomic E-state index is 0.271. The topological polar surface area (TPSA) is 105 Å². The summed E-state index contributed by atoms with van der Waals surface area (Å²) in [4.78, 5) is 42.5. The number of urea groups is 1. The molecule has 8 heteroatoms. The van der Waals surface area contributed by atoms with Crippen LogP contribution in [0, 0.1) is 6.92 Å². The Bertz CT molecular complexity index is 1090. The summed E-state index contributed by atoms with van der Waals surface area (Å²) >= 11 is 1.08. The van der Waals surface area contributed by atoms with Crippen LogP contribution in [0.1, 0.15) is 43.4 Å². The first-order valence-corrected chi connectivity index (χ1v) is 11.1. The van der Waals surface area contributed by atoms with Gasteiger partial charge in [0.15, 0.2) is 5.17 Å². The number of hydrogen-bond acceptors (Lipinski definition) is 5. The fraction of sp³-hybridized carbons (Fsp3) is 0.250. The molecule has 2 aromatic carbocycles. The molecule has 0 saturated carbocycles. The summed E-state index contributed by atoms with van der Waals surface area (Å²) in [5.74, 6) is -0.425. The molecule has 1 atom stereocenters. The molecule has 0 aliphatic carbocycles. The quantitative estimate of drug-likeness (QED) is 0.667. The fourth-order valence-corrected chi connectivity index (χ4v) is 3.99. The Morgan fingerprint density at radius 2 is 1.69 bits per heavy atom. The number of primary amides is 1. The van der Waals surface area contributed by atoms with E-state index in [2.05, 4.69) is 24.2 Å². The second kappa shape index (κ2) is 9.82. The molecule has 2 aromatic rings. The van der Waals surface area contributed by atoms with E-state index in [1.165, 1.54) is 10.5 Å². The molecule has 0 saturated heterocycles. The Balaban J connectivity index is 1.94. The number of hydrogen-bond donors (Lipinski definition) is 2. The number of benzene rings is 2. The van der Waals surface area contributed by atoms with Crippen LogP contribution in [0.2, 0.25) is 0 Å². The molecule has 1 aliphatic heterocycles. The number of nitrogens with two attached hydrogens (primary N) is 1. The molecule has 166 valence electrons. The van der Waals surface area contributed by atoms with E-state index in [1.54, 1.807) is 13.0 Å². The summed E-state index contributed by atoms with van der Waals surface area (Å²) in [6, 6.07) is 14.5. The molecule has 0 fully saturated rings. The maximum atomic E-state index is 13.3. The lowest BCUT2D eigenvalue weighted by Crippen LogP contribution is -2.41. The van der Waals surface area contributed by atoms with E-state index in [4.69, 9.17) is 5.73 Å². The average Bonchev–Trinajstić information content (AvgIpc) is 3.03. The molecule has 3 rings (SSSR count). The van der Waals surface area contributed by atoms with Gasteiger partial charge in [0.05, 0.1) is 10.9 Å². The van der Waals surface area contributed by atoms with Crippen molar-refractivity contribution in [2.75, 3.05) is 4.90 Å². The van der Waals surface area contributed by atoms with Crippen molar-refractivity contribution >= 4 is 46.5 Å². The first-order valence-electron chi connectivity index (χ1n) is 10.2. The summed E-state index contributed by atoms with van der Waals surface area (Å²) in [6.07, 6.45) is 1.73. The van der Waals surface area contributed by atoms with Crippen molar-refractivity contribution in [3.8, 4) is 0 Å². The van der Waals surface area contributed by atoms with Gasteiger partial charge in [-0.2, -0.15) is 0 Å². The van der Waals surface area contributed by atoms with Crippen molar-refractivity contribution in [1.29, 1.82) is 0 Å². The van der Waals surface area contributed by atoms with Crippen LogP contribution in [0.25, 0.3) is 6.08 Å². The summed E-state index contributed by atoms with van der Waals surface area (Å²) in [5.41, 5.74) is 9.09. The lowest BCUT2D eigenvalue weighted by molar-refractivity contribution is -0.119. The van der Waals surface area contributed by atoms with Crippen LogP contribution in [0.15, 0.2) is 59.2 Å². The van der Waals surface area contributed by atoms with Crippen LogP contribution in [-0.4, -0.2) is 28.3 Å². The molecular formula is C24H26N4O3S. The van der Waals surface area contributed by atoms with Gasteiger partial charge in [-0.05, 0) is 49.1 Å². The Hall–Kier alpha value is -3.39. The molecule has 0 spiro atoms. The maximum Gasteiger partial charge on any atom is 0.318 e. The van der Waals surface area contributed by atoms with Crippen molar-refractivity contribution < 1.29 is 14.4 Å². The highest BCUT2D eigenvalue weighted by Crippen LogP contribution is 2.31. The fourth-order valence-electron chi connectivity index (χ4n) is 3.07. The smallest absolute Gasteiger partial charge is 0.318 e. The molecule has 1 heterocycles. The number of anilines is 1. The van der Waals surface area contributed by atoms with E-state index in [0.29, 0.717) is 16.8 Å². The summed E-state index contributed by atoms with van der Waals surface area (Å²) in [6.45, 7) is 7.82. The molecule has 4 amide bonds. The van der Waals surface area contributed by atoms with Crippen LogP contribution in [0.5, 0.6) is 0 Å². The number of amides is 4. The Labute approximate surface area is 191 Å². The summed E-state index contributed by atoms with van der Waals surface area (Å²) < 4.78 is 0. The van der Waals surface area contributed by atoms with Crippen LogP contribution in [-0.2, 0) is 9.59 Å². The zero-order chi connectivity index (χ0) is 23.4. The van der Waals surface area contributed by atoms with Crippen molar-refractivity contribution in [1.82, 2.24) is 5.32 Å². The van der Waals surface area contributed by atoms with Crippen molar-refractivity contribution in [3.05, 3.63) is 70.9 Å². The molecule has 1 aliphatic rings. The van der Waals surface area contributed by atoms with Crippen molar-refractivity contribution in [2.24, 2.45) is 10.7 Å². The van der Waals surface area contributed by atoms with Crippen LogP contribution in [0.4, 0.5) is 10.5 Å². The van der Waals surface area contributed by atoms with Crippen molar-refractivity contribution in [3.63, 3.8) is 0 Å². The number of aryl methyl sites for hydroxylation is 1. The first-order chi connectivity index (χ1) is 15.2. The number of thioether (sulfide) groups is 1. The molecule has 0 bridgehead atoms. The Kier molecular flexibility index (Phi) is 7.15. The molecule has 1 unspecified atom stereocenters. The standard InChI is InChI=1S/C24H26N4O3S/c1-14(2)18-9-7-17(8-10-18)13-20-22(30)28(19-11-5-15(3)6-12-19)24(26-20)32-16(4)21(29)27-23(25)31/h5-14,16H,1-4H3,(H3,25,27,29,31)/b20-13-. The highest BCUT2D eigenvalue weighted by atomic mass is 32.2. The molecular weight excluding hydrogens is 424 g/mol. The third-order valence-electron chi connectivity index (χ3n) is 4.93. The minimum atomic E-state index is -0.923. The number of aliphatic imine (C=N–C) groups is 1. The Morgan fingerprint density at radius 3 is 2.25 bits per heavy atom. The van der Waals surface area contributed by atoms with Gasteiger partial charge in [-0.15, -0.1) is 0 Å². The third kappa shape index (κ3) is 5.45. The number of nitrogens with one attached hydrogen (secondary N) is 1. The largest absolute Gasteiger partial charge is 0.351 e. The number of nitrogens with zero attached hydrogens (tertiary/aromatic N) is 2. The van der Waals surface area contributed by atoms with E-state index in [0.717, 1.165) is 22.9 Å². The molecule has 0 aromatic heterocycles. The highest BCUT2D eigenvalue weighted by molar-refractivity contribution is 8.15. The van der Waals surface area contributed by atoms with Gasteiger partial charge in [-0.25, -0.2) is 9.79 Å². The molecule has 0 radical (unpaired) electrons. The predicted octanol–water partition coefficient (Wildman–Crippen LogP) is 4.18. The number of amidine groups is 1. The predicted molar refractivity (Wildman–Crippen MR) is 129 cm³/mol. The van der Waals surface area contributed by atoms with Gasteiger partial charge in [-0.1, -0.05) is 67.6 Å². The third-order valence-corrected chi connectivity index (χ3v) is 5.98. The molecule has 3 N–H and O–H groups in total. The number of rotatable bonds is 5. The summed E-state index contributed by atoms with van der Waals surface area (Å²) in [7, 11) is 0. The van der Waals surface area contributed by atoms with Crippen LogP contribution < -0.4 is 16.0 Å². The number of imide groups is 1. The van der Waals surface area contributed by atoms with Gasteiger partial charge in [0, 0.05) is 0 Å². The maximum absolute atomic E-state index is 13.3. The molecule has 7 nitrogen and oxygen atoms in total. The van der Waals surface area contributed by atoms with E-state index in [-0.39, 0.29) is 11.6 Å². The van der Waals surface area contributed by atoms with Gasteiger partial charge >= 0.3 is 6.03 Å². The zero-order valence-electron chi connectivity index (χ0n) is 18.5. The second-order valence-electron chi connectivity index (χ2n) is 7.84. The lowest BCUT2D eigenvalue weighted by Gasteiger charge is -2.19. The van der Waals surface area contributed by atoms with Gasteiger partial charge in [0.1, 0.15) is 5.70 Å². The van der Waals surface area contributed by atoms with Gasteiger partial charge in [0.2, 0.25) is 5.91 Å². The van der Waals surface area contributed by atoms with Gasteiger partial charge < -0.3 is 5.73 Å². The SMILES string of the molecule is Cc1ccc(N2C(=O)/C(=C/c3ccc(C(C)C)cc3)N=C2SC(C)C(=O)NC(N)=O)cc1. The second-order valence-corrected chi connectivity index (χ2v) is 9.14. The van der Waals surface area contributed by atoms with Crippen LogP contribution >= 0.6 is 11.8 Å². The van der Waals surface area contributed by atoms with E-state index in [9.17, 15) is 14.4 Å². The Morgan fingerprint density at radius 1 is 1.06 bits per heavy atom. The molecule has 32 heavy (non-hydrogen) atoms. The van der Waals surface area contributed by atoms with E-state index < -0.39 is 17.2 Å². The van der Waals surface area contributed by atoms with E-state index in [1.807, 2.05) is 55.5 Å². The van der Waals surface area contributed by atoms with Crippen LogP contribution in [0.3, 0.4) is 0 Å². The van der Waals surface area contributed by atoms with E-state index >= 15 is 0 Å². The first kappa shape index (κ1) is 23.3. The lowest BCUT2D eigenvalue weighted by atomic mass is 10.0. The monoisotopic (exact) mass is 450 g/mol. The average molecular weight is 451 g/mol.